The van der Waals surface area contributed by atoms with Gasteiger partial charge in [-0.1, -0.05) is 17.7 Å². The van der Waals surface area contributed by atoms with Gasteiger partial charge in [0, 0.05) is 23.7 Å². The molecular weight excluding hydrogens is 416 g/mol. The SMILES string of the molecule is COc1ccc(Cl)cc1NS(=O)(=O)c1cccc(C(=O)N2C[C@@H](C)O[C@H](C)C2)c1. The molecule has 7 nitrogen and oxygen atoms in total. The van der Waals surface area contributed by atoms with Gasteiger partial charge in [0.25, 0.3) is 15.9 Å². The minimum absolute atomic E-state index is 0.0280. The highest BCUT2D eigenvalue weighted by Gasteiger charge is 2.27. The van der Waals surface area contributed by atoms with Crippen LogP contribution in [-0.2, 0) is 14.8 Å². The smallest absolute Gasteiger partial charge is 0.262 e. The van der Waals surface area contributed by atoms with E-state index in [9.17, 15) is 13.2 Å². The predicted octanol–water partition coefficient (Wildman–Crippen LogP) is 3.40. The molecule has 2 aromatic rings. The highest BCUT2D eigenvalue weighted by Crippen LogP contribution is 2.30. The molecule has 1 aliphatic rings. The molecule has 1 amide bonds. The standard InChI is InChI=1S/C20H23ClN2O5S/c1-13-11-23(12-14(2)28-13)20(24)15-5-4-6-17(9-15)29(25,26)22-18-10-16(21)7-8-19(18)27-3/h4-10,13-14,22H,11-12H2,1-3H3/t13-,14-/m1/s1. The third kappa shape index (κ3) is 5.01. The number of morpholine rings is 1. The maximum Gasteiger partial charge on any atom is 0.262 e. The molecular formula is C20H23ClN2O5S. The molecule has 0 saturated carbocycles. The highest BCUT2D eigenvalue weighted by molar-refractivity contribution is 7.92. The van der Waals surface area contributed by atoms with E-state index < -0.39 is 10.0 Å². The van der Waals surface area contributed by atoms with E-state index in [1.54, 1.807) is 29.2 Å². The van der Waals surface area contributed by atoms with Gasteiger partial charge in [0.1, 0.15) is 5.75 Å². The number of ether oxygens (including phenoxy) is 2. The van der Waals surface area contributed by atoms with Crippen LogP contribution in [0, 0.1) is 0 Å². The zero-order valence-electron chi connectivity index (χ0n) is 16.4. The molecule has 1 N–H and O–H groups in total. The van der Waals surface area contributed by atoms with Gasteiger partial charge in [0.15, 0.2) is 0 Å². The molecule has 0 radical (unpaired) electrons. The predicted molar refractivity (Wildman–Crippen MR) is 111 cm³/mol. The fraction of sp³-hybridized carbons (Fsp3) is 0.350. The van der Waals surface area contributed by atoms with Crippen LogP contribution in [0.1, 0.15) is 24.2 Å². The van der Waals surface area contributed by atoms with Crippen molar-refractivity contribution in [3.05, 3.63) is 53.1 Å². The van der Waals surface area contributed by atoms with Crippen LogP contribution >= 0.6 is 11.6 Å². The number of carbonyl (C=O) groups excluding carboxylic acids is 1. The first kappa shape index (κ1) is 21.4. The molecule has 2 aromatic carbocycles. The number of nitrogens with zero attached hydrogens (tertiary/aromatic N) is 1. The van der Waals surface area contributed by atoms with Gasteiger partial charge in [-0.3, -0.25) is 9.52 Å². The third-order valence-electron chi connectivity index (χ3n) is 4.50. The molecule has 156 valence electrons. The molecule has 0 bridgehead atoms. The first-order chi connectivity index (χ1) is 13.7. The second-order valence-electron chi connectivity index (χ2n) is 6.95. The maximum absolute atomic E-state index is 12.9. The van der Waals surface area contributed by atoms with E-state index in [4.69, 9.17) is 21.1 Å². The summed E-state index contributed by atoms with van der Waals surface area (Å²) >= 11 is 5.97. The van der Waals surface area contributed by atoms with Gasteiger partial charge in [0.05, 0.1) is 29.9 Å². The van der Waals surface area contributed by atoms with Crippen LogP contribution in [0.4, 0.5) is 5.69 Å². The van der Waals surface area contributed by atoms with E-state index >= 15 is 0 Å². The van der Waals surface area contributed by atoms with Crippen molar-refractivity contribution in [3.8, 4) is 5.75 Å². The van der Waals surface area contributed by atoms with Gasteiger partial charge in [-0.15, -0.1) is 0 Å². The Morgan fingerprint density at radius 1 is 1.17 bits per heavy atom. The number of sulfonamides is 1. The maximum atomic E-state index is 12.9. The number of benzene rings is 2. The Kier molecular flexibility index (Phi) is 6.36. The average Bonchev–Trinajstić information content (AvgIpc) is 2.66. The fourth-order valence-corrected chi connectivity index (χ4v) is 4.57. The normalized spacial score (nSPS) is 19.7. The molecule has 2 atom stereocenters. The van der Waals surface area contributed by atoms with Gasteiger partial charge >= 0.3 is 0 Å². The lowest BCUT2D eigenvalue weighted by Crippen LogP contribution is -2.48. The lowest BCUT2D eigenvalue weighted by Gasteiger charge is -2.35. The van der Waals surface area contributed by atoms with Crippen LogP contribution in [0.15, 0.2) is 47.4 Å². The fourth-order valence-electron chi connectivity index (χ4n) is 3.29. The highest BCUT2D eigenvalue weighted by atomic mass is 35.5. The Bertz CT molecular complexity index is 1000. The van der Waals surface area contributed by atoms with Crippen molar-refractivity contribution in [1.82, 2.24) is 4.90 Å². The lowest BCUT2D eigenvalue weighted by molar-refractivity contribution is -0.0586. The van der Waals surface area contributed by atoms with Crippen LogP contribution in [0.2, 0.25) is 5.02 Å². The zero-order chi connectivity index (χ0) is 21.2. The van der Waals surface area contributed by atoms with E-state index in [-0.39, 0.29) is 28.7 Å². The van der Waals surface area contributed by atoms with E-state index in [1.807, 2.05) is 13.8 Å². The molecule has 3 rings (SSSR count). The number of hydrogen-bond acceptors (Lipinski definition) is 5. The van der Waals surface area contributed by atoms with Crippen LogP contribution in [0.5, 0.6) is 5.75 Å². The Balaban J connectivity index is 1.86. The number of halogens is 1. The van der Waals surface area contributed by atoms with Crippen molar-refractivity contribution in [2.75, 3.05) is 24.9 Å². The zero-order valence-corrected chi connectivity index (χ0v) is 18.0. The van der Waals surface area contributed by atoms with Gasteiger partial charge in [-0.05, 0) is 50.2 Å². The Labute approximate surface area is 175 Å². The second-order valence-corrected chi connectivity index (χ2v) is 9.06. The summed E-state index contributed by atoms with van der Waals surface area (Å²) in [6.07, 6.45) is -0.154. The third-order valence-corrected chi connectivity index (χ3v) is 6.10. The van der Waals surface area contributed by atoms with Crippen LogP contribution in [-0.4, -0.2) is 51.6 Å². The Hall–Kier alpha value is -2.29. The van der Waals surface area contributed by atoms with Gasteiger partial charge in [-0.25, -0.2) is 8.42 Å². The molecule has 29 heavy (non-hydrogen) atoms. The number of anilines is 1. The molecule has 0 spiro atoms. The molecule has 1 saturated heterocycles. The number of amides is 1. The molecule has 1 aliphatic heterocycles. The van der Waals surface area contributed by atoms with Gasteiger partial charge < -0.3 is 14.4 Å². The number of methoxy groups -OCH3 is 1. The Morgan fingerprint density at radius 2 is 1.86 bits per heavy atom. The van der Waals surface area contributed by atoms with Crippen molar-refractivity contribution in [1.29, 1.82) is 0 Å². The summed E-state index contributed by atoms with van der Waals surface area (Å²) in [6, 6.07) is 10.6. The molecule has 1 heterocycles. The molecule has 0 aromatic heterocycles. The van der Waals surface area contributed by atoms with E-state index in [2.05, 4.69) is 4.72 Å². The monoisotopic (exact) mass is 438 g/mol. The largest absolute Gasteiger partial charge is 0.495 e. The summed E-state index contributed by atoms with van der Waals surface area (Å²) in [5.41, 5.74) is 0.514. The van der Waals surface area contributed by atoms with E-state index in [0.717, 1.165) is 0 Å². The first-order valence-electron chi connectivity index (χ1n) is 9.11. The van der Waals surface area contributed by atoms with Crippen LogP contribution in [0.3, 0.4) is 0 Å². The Morgan fingerprint density at radius 3 is 2.52 bits per heavy atom. The molecule has 0 aliphatic carbocycles. The number of rotatable bonds is 5. The average molecular weight is 439 g/mol. The molecule has 0 unspecified atom stereocenters. The summed E-state index contributed by atoms with van der Waals surface area (Å²) < 4.78 is 39.1. The minimum atomic E-state index is -3.96. The van der Waals surface area contributed by atoms with Crippen molar-refractivity contribution in [3.63, 3.8) is 0 Å². The first-order valence-corrected chi connectivity index (χ1v) is 11.0. The summed E-state index contributed by atoms with van der Waals surface area (Å²) in [4.78, 5) is 14.5. The topological polar surface area (TPSA) is 84.9 Å². The summed E-state index contributed by atoms with van der Waals surface area (Å²) in [6.45, 7) is 4.72. The van der Waals surface area contributed by atoms with E-state index in [1.165, 1.54) is 25.3 Å². The molecule has 1 fully saturated rings. The second kappa shape index (κ2) is 8.61. The van der Waals surface area contributed by atoms with Gasteiger partial charge in [0.2, 0.25) is 0 Å². The quantitative estimate of drug-likeness (QED) is 0.773. The summed E-state index contributed by atoms with van der Waals surface area (Å²) in [5.74, 6) is 0.103. The lowest BCUT2D eigenvalue weighted by atomic mass is 10.1. The van der Waals surface area contributed by atoms with E-state index in [0.29, 0.717) is 29.4 Å². The van der Waals surface area contributed by atoms with Crippen molar-refractivity contribution in [2.45, 2.75) is 31.0 Å². The van der Waals surface area contributed by atoms with Gasteiger partial charge in [-0.2, -0.15) is 0 Å². The van der Waals surface area contributed by atoms with Crippen LogP contribution < -0.4 is 9.46 Å². The minimum Gasteiger partial charge on any atom is -0.495 e. The van der Waals surface area contributed by atoms with Crippen molar-refractivity contribution in [2.24, 2.45) is 0 Å². The molecule has 9 heteroatoms. The number of carbonyl (C=O) groups is 1. The van der Waals surface area contributed by atoms with Crippen LogP contribution in [0.25, 0.3) is 0 Å². The summed E-state index contributed by atoms with van der Waals surface area (Å²) in [7, 11) is -2.52. The van der Waals surface area contributed by atoms with Crippen molar-refractivity contribution < 1.29 is 22.7 Å². The summed E-state index contributed by atoms with van der Waals surface area (Å²) in [5, 5.41) is 0.364. The number of hydrogen-bond donors (Lipinski definition) is 1. The van der Waals surface area contributed by atoms with Crippen molar-refractivity contribution >= 4 is 33.2 Å². The number of nitrogens with one attached hydrogen (secondary N) is 1.